The van der Waals surface area contributed by atoms with Gasteiger partial charge < -0.3 is 5.32 Å². The molecule has 1 heterocycles. The van der Waals surface area contributed by atoms with Gasteiger partial charge in [-0.15, -0.1) is 10.2 Å². The molecule has 19 heavy (non-hydrogen) atoms. The summed E-state index contributed by atoms with van der Waals surface area (Å²) in [5.74, 6) is -0.256. The molecule has 0 amide bonds. The molecule has 4 nitrogen and oxygen atoms in total. The van der Waals surface area contributed by atoms with Crippen LogP contribution in [0.4, 0.5) is 14.7 Å². The van der Waals surface area contributed by atoms with E-state index in [0.717, 1.165) is 18.4 Å². The minimum Gasteiger partial charge on any atom is -0.355 e. The Bertz CT molecular complexity index is 566. The van der Waals surface area contributed by atoms with Gasteiger partial charge in [-0.1, -0.05) is 6.07 Å². The minimum atomic E-state index is -0.841. The van der Waals surface area contributed by atoms with Gasteiger partial charge in [-0.25, -0.2) is 8.78 Å². The molecule has 0 atom stereocenters. The largest absolute Gasteiger partial charge is 0.355 e. The van der Waals surface area contributed by atoms with Crippen molar-refractivity contribution in [2.75, 3.05) is 11.9 Å². The lowest BCUT2D eigenvalue weighted by Crippen LogP contribution is -2.09. The molecule has 0 aliphatic carbocycles. The highest BCUT2D eigenvalue weighted by Crippen LogP contribution is 2.15. The number of aromatic nitrogens is 3. The second-order valence-corrected chi connectivity index (χ2v) is 4.14. The first-order valence-corrected chi connectivity index (χ1v) is 6.25. The van der Waals surface area contributed by atoms with Crippen molar-refractivity contribution >= 4 is 5.95 Å². The van der Waals surface area contributed by atoms with Crippen molar-refractivity contribution in [2.45, 2.75) is 26.8 Å². The van der Waals surface area contributed by atoms with Crippen molar-refractivity contribution in [3.63, 3.8) is 0 Å². The summed E-state index contributed by atoms with van der Waals surface area (Å²) in [5, 5.41) is 11.2. The maximum atomic E-state index is 13.2. The van der Waals surface area contributed by atoms with Gasteiger partial charge in [0.1, 0.15) is 5.82 Å². The van der Waals surface area contributed by atoms with Gasteiger partial charge in [-0.2, -0.15) is 0 Å². The maximum Gasteiger partial charge on any atom is 0.224 e. The Morgan fingerprint density at radius 2 is 1.95 bits per heavy atom. The van der Waals surface area contributed by atoms with Crippen molar-refractivity contribution in [1.82, 2.24) is 14.8 Å². The van der Waals surface area contributed by atoms with Crippen LogP contribution >= 0.6 is 0 Å². The fourth-order valence-electron chi connectivity index (χ4n) is 1.92. The van der Waals surface area contributed by atoms with Crippen LogP contribution in [-0.2, 0) is 13.0 Å². The molecular weight excluding hydrogens is 250 g/mol. The molecule has 2 rings (SSSR count). The van der Waals surface area contributed by atoms with E-state index in [1.54, 1.807) is 6.07 Å². The lowest BCUT2D eigenvalue weighted by Gasteiger charge is -2.08. The third-order valence-electron chi connectivity index (χ3n) is 2.82. The molecule has 2 aromatic rings. The summed E-state index contributed by atoms with van der Waals surface area (Å²) in [6.45, 7) is 5.43. The van der Waals surface area contributed by atoms with Crippen molar-refractivity contribution in [1.29, 1.82) is 0 Å². The summed E-state index contributed by atoms with van der Waals surface area (Å²) in [4.78, 5) is 0. The molecule has 6 heteroatoms. The molecule has 0 aliphatic heterocycles. The molecule has 0 radical (unpaired) electrons. The van der Waals surface area contributed by atoms with Gasteiger partial charge in [-0.05, 0) is 31.5 Å². The van der Waals surface area contributed by atoms with Gasteiger partial charge in [0.25, 0.3) is 0 Å². The van der Waals surface area contributed by atoms with Crippen LogP contribution in [0.3, 0.4) is 0 Å². The average molecular weight is 266 g/mol. The van der Waals surface area contributed by atoms with Crippen molar-refractivity contribution in [3.05, 3.63) is 41.2 Å². The number of hydrogen-bond donors (Lipinski definition) is 1. The molecule has 0 saturated heterocycles. The number of halogens is 2. The van der Waals surface area contributed by atoms with Crippen molar-refractivity contribution in [3.8, 4) is 0 Å². The second kappa shape index (κ2) is 5.77. The van der Waals surface area contributed by atoms with Crippen LogP contribution in [0.15, 0.2) is 18.2 Å². The first-order valence-electron chi connectivity index (χ1n) is 6.25. The monoisotopic (exact) mass is 266 g/mol. The third kappa shape index (κ3) is 2.89. The topological polar surface area (TPSA) is 42.7 Å². The van der Waals surface area contributed by atoms with E-state index in [9.17, 15) is 8.78 Å². The second-order valence-electron chi connectivity index (χ2n) is 4.14. The van der Waals surface area contributed by atoms with Crippen molar-refractivity contribution in [2.24, 2.45) is 0 Å². The molecule has 0 bridgehead atoms. The van der Waals surface area contributed by atoms with Crippen LogP contribution in [-0.4, -0.2) is 21.3 Å². The van der Waals surface area contributed by atoms with Crippen LogP contribution in [0.2, 0.25) is 0 Å². The number of hydrogen-bond acceptors (Lipinski definition) is 3. The normalized spacial score (nSPS) is 10.7. The van der Waals surface area contributed by atoms with Crippen LogP contribution in [0.25, 0.3) is 0 Å². The van der Waals surface area contributed by atoms with E-state index < -0.39 is 11.6 Å². The van der Waals surface area contributed by atoms with E-state index in [2.05, 4.69) is 15.5 Å². The SMILES string of the molecule is CCNc1nnc(Cc2ccc(F)c(F)c2)n1CC. The van der Waals surface area contributed by atoms with Gasteiger partial charge in [0.2, 0.25) is 5.95 Å². The smallest absolute Gasteiger partial charge is 0.224 e. The number of anilines is 1. The molecule has 1 aromatic carbocycles. The summed E-state index contributed by atoms with van der Waals surface area (Å²) >= 11 is 0. The highest BCUT2D eigenvalue weighted by Gasteiger charge is 2.11. The first kappa shape index (κ1) is 13.5. The fourth-order valence-corrected chi connectivity index (χ4v) is 1.92. The van der Waals surface area contributed by atoms with Gasteiger partial charge in [0.05, 0.1) is 0 Å². The van der Waals surface area contributed by atoms with Gasteiger partial charge in [-0.3, -0.25) is 4.57 Å². The molecule has 0 saturated carbocycles. The lowest BCUT2D eigenvalue weighted by atomic mass is 10.1. The van der Waals surface area contributed by atoms with Crippen LogP contribution < -0.4 is 5.32 Å². The molecule has 102 valence electrons. The molecular formula is C13H16F2N4. The highest BCUT2D eigenvalue weighted by molar-refractivity contribution is 5.28. The van der Waals surface area contributed by atoms with E-state index in [0.29, 0.717) is 24.5 Å². The predicted octanol–water partition coefficient (Wildman–Crippen LogP) is 2.60. The van der Waals surface area contributed by atoms with Crippen LogP contribution in [0.1, 0.15) is 25.2 Å². The highest BCUT2D eigenvalue weighted by atomic mass is 19.2. The third-order valence-corrected chi connectivity index (χ3v) is 2.82. The van der Waals surface area contributed by atoms with E-state index in [1.165, 1.54) is 6.07 Å². The van der Waals surface area contributed by atoms with Gasteiger partial charge >= 0.3 is 0 Å². The molecule has 0 spiro atoms. The zero-order valence-electron chi connectivity index (χ0n) is 11.0. The molecule has 0 fully saturated rings. The number of benzene rings is 1. The fraction of sp³-hybridized carbons (Fsp3) is 0.385. The summed E-state index contributed by atoms with van der Waals surface area (Å²) in [7, 11) is 0. The summed E-state index contributed by atoms with van der Waals surface area (Å²) < 4.78 is 28.0. The number of rotatable bonds is 5. The van der Waals surface area contributed by atoms with Crippen LogP contribution in [0.5, 0.6) is 0 Å². The summed E-state index contributed by atoms with van der Waals surface area (Å²) in [5.41, 5.74) is 0.670. The van der Waals surface area contributed by atoms with Gasteiger partial charge in [0, 0.05) is 19.5 Å². The molecule has 0 aliphatic rings. The Kier molecular flexibility index (Phi) is 4.09. The quantitative estimate of drug-likeness (QED) is 0.904. The number of nitrogens with one attached hydrogen (secondary N) is 1. The Balaban J connectivity index is 2.25. The Morgan fingerprint density at radius 3 is 2.58 bits per heavy atom. The lowest BCUT2D eigenvalue weighted by molar-refractivity contribution is 0.507. The van der Waals surface area contributed by atoms with Gasteiger partial charge in [0.15, 0.2) is 11.6 Å². The maximum absolute atomic E-state index is 13.2. The molecule has 0 unspecified atom stereocenters. The molecule has 1 aromatic heterocycles. The zero-order valence-corrected chi connectivity index (χ0v) is 11.0. The van der Waals surface area contributed by atoms with E-state index >= 15 is 0 Å². The minimum absolute atomic E-state index is 0.420. The average Bonchev–Trinajstić information content (AvgIpc) is 2.76. The van der Waals surface area contributed by atoms with E-state index in [4.69, 9.17) is 0 Å². The van der Waals surface area contributed by atoms with E-state index in [1.807, 2.05) is 18.4 Å². The standard InChI is InChI=1S/C13H16F2N4/c1-3-16-13-18-17-12(19(13)4-2)8-9-5-6-10(14)11(15)7-9/h5-7H,3-4,8H2,1-2H3,(H,16,18). The zero-order chi connectivity index (χ0) is 13.8. The summed E-state index contributed by atoms with van der Waals surface area (Å²) in [6.07, 6.45) is 0.420. The Labute approximate surface area is 110 Å². The van der Waals surface area contributed by atoms with Crippen LogP contribution in [0, 0.1) is 11.6 Å². The molecule has 1 N–H and O–H groups in total. The van der Waals surface area contributed by atoms with E-state index in [-0.39, 0.29) is 0 Å². The first-order chi connectivity index (χ1) is 9.15. The summed E-state index contributed by atoms with van der Waals surface area (Å²) in [6, 6.07) is 3.87. The van der Waals surface area contributed by atoms with Crippen molar-refractivity contribution < 1.29 is 8.78 Å². The Hall–Kier alpha value is -1.98. The predicted molar refractivity (Wildman–Crippen MR) is 69.0 cm³/mol. The number of nitrogens with zero attached hydrogens (tertiary/aromatic N) is 3. The Morgan fingerprint density at radius 1 is 1.16 bits per heavy atom.